The predicted molar refractivity (Wildman–Crippen MR) is 103 cm³/mol. The van der Waals surface area contributed by atoms with Crippen molar-refractivity contribution in [2.75, 3.05) is 19.0 Å². The van der Waals surface area contributed by atoms with Gasteiger partial charge in [0.1, 0.15) is 11.3 Å². The number of benzene rings is 2. The van der Waals surface area contributed by atoms with E-state index in [-0.39, 0.29) is 6.42 Å². The molecule has 0 aliphatic rings. The SMILES string of the molecule is COc1ccc2c(CC(=O)OCC(=O)Nc3cc(Cl)cc(Cl)c3)coc2c1. The Morgan fingerprint density at radius 2 is 1.85 bits per heavy atom. The van der Waals surface area contributed by atoms with E-state index in [1.165, 1.54) is 6.26 Å². The maximum atomic E-state index is 12.0. The summed E-state index contributed by atoms with van der Waals surface area (Å²) in [5, 5.41) is 4.12. The van der Waals surface area contributed by atoms with Crippen LogP contribution >= 0.6 is 23.2 Å². The van der Waals surface area contributed by atoms with Crippen LogP contribution in [0.25, 0.3) is 11.0 Å². The van der Waals surface area contributed by atoms with Gasteiger partial charge in [0.05, 0.1) is 19.8 Å². The minimum atomic E-state index is -0.548. The number of methoxy groups -OCH3 is 1. The molecule has 8 heteroatoms. The summed E-state index contributed by atoms with van der Waals surface area (Å²) in [6.07, 6.45) is 1.47. The number of nitrogens with one attached hydrogen (secondary N) is 1. The van der Waals surface area contributed by atoms with Gasteiger partial charge in [-0.1, -0.05) is 23.2 Å². The Labute approximate surface area is 164 Å². The second-order valence-electron chi connectivity index (χ2n) is 5.67. The van der Waals surface area contributed by atoms with Gasteiger partial charge in [0.15, 0.2) is 6.61 Å². The summed E-state index contributed by atoms with van der Waals surface area (Å²) >= 11 is 11.7. The summed E-state index contributed by atoms with van der Waals surface area (Å²) in [7, 11) is 1.56. The van der Waals surface area contributed by atoms with E-state index in [1.54, 1.807) is 43.5 Å². The van der Waals surface area contributed by atoms with Crippen LogP contribution in [0.1, 0.15) is 5.56 Å². The first-order valence-electron chi connectivity index (χ1n) is 7.90. The van der Waals surface area contributed by atoms with Gasteiger partial charge in [-0.25, -0.2) is 0 Å². The lowest BCUT2D eigenvalue weighted by molar-refractivity contribution is -0.146. The summed E-state index contributed by atoms with van der Waals surface area (Å²) in [4.78, 5) is 23.9. The first-order chi connectivity index (χ1) is 12.9. The van der Waals surface area contributed by atoms with Crippen LogP contribution in [0.3, 0.4) is 0 Å². The number of ether oxygens (including phenoxy) is 2. The van der Waals surface area contributed by atoms with Crippen molar-refractivity contribution in [1.82, 2.24) is 0 Å². The zero-order valence-corrected chi connectivity index (χ0v) is 15.8. The Morgan fingerprint density at radius 3 is 2.56 bits per heavy atom. The van der Waals surface area contributed by atoms with Gasteiger partial charge in [0, 0.05) is 32.7 Å². The molecule has 1 N–H and O–H groups in total. The molecule has 0 spiro atoms. The monoisotopic (exact) mass is 407 g/mol. The van der Waals surface area contributed by atoms with Crippen molar-refractivity contribution >= 4 is 51.7 Å². The fourth-order valence-electron chi connectivity index (χ4n) is 2.50. The highest BCUT2D eigenvalue weighted by Crippen LogP contribution is 2.26. The molecule has 0 atom stereocenters. The second kappa shape index (κ2) is 8.33. The predicted octanol–water partition coefficient (Wildman–Crippen LogP) is 4.47. The van der Waals surface area contributed by atoms with E-state index < -0.39 is 18.5 Å². The molecule has 140 valence electrons. The third-order valence-corrected chi connectivity index (χ3v) is 4.14. The van der Waals surface area contributed by atoms with Crippen molar-refractivity contribution in [3.05, 3.63) is 58.3 Å². The van der Waals surface area contributed by atoms with Gasteiger partial charge in [0.25, 0.3) is 5.91 Å². The number of hydrogen-bond acceptors (Lipinski definition) is 5. The Hall–Kier alpha value is -2.70. The average Bonchev–Trinajstić information content (AvgIpc) is 3.01. The van der Waals surface area contributed by atoms with Crippen LogP contribution in [0, 0.1) is 0 Å². The molecule has 0 aliphatic heterocycles. The normalized spacial score (nSPS) is 10.6. The van der Waals surface area contributed by atoms with E-state index in [9.17, 15) is 9.59 Å². The molecular formula is C19H15Cl2NO5. The number of rotatable bonds is 6. The summed E-state index contributed by atoms with van der Waals surface area (Å²) in [5.74, 6) is -0.389. The summed E-state index contributed by atoms with van der Waals surface area (Å²) < 4.78 is 15.6. The lowest BCUT2D eigenvalue weighted by atomic mass is 10.1. The van der Waals surface area contributed by atoms with Gasteiger partial charge in [-0.2, -0.15) is 0 Å². The highest BCUT2D eigenvalue weighted by molar-refractivity contribution is 6.35. The van der Waals surface area contributed by atoms with Crippen molar-refractivity contribution in [2.24, 2.45) is 0 Å². The maximum Gasteiger partial charge on any atom is 0.310 e. The Morgan fingerprint density at radius 1 is 1.11 bits per heavy atom. The van der Waals surface area contributed by atoms with Gasteiger partial charge in [-0.3, -0.25) is 9.59 Å². The number of esters is 1. The average molecular weight is 408 g/mol. The number of furan rings is 1. The molecule has 6 nitrogen and oxygen atoms in total. The molecule has 0 saturated carbocycles. The summed E-state index contributed by atoms with van der Waals surface area (Å²) in [6, 6.07) is 9.93. The van der Waals surface area contributed by atoms with E-state index in [1.807, 2.05) is 0 Å². The first-order valence-corrected chi connectivity index (χ1v) is 8.66. The highest BCUT2D eigenvalue weighted by atomic mass is 35.5. The maximum absolute atomic E-state index is 12.0. The minimum Gasteiger partial charge on any atom is -0.497 e. The molecule has 2 aromatic carbocycles. The zero-order chi connectivity index (χ0) is 19.4. The smallest absolute Gasteiger partial charge is 0.310 e. The van der Waals surface area contributed by atoms with Crippen LogP contribution < -0.4 is 10.1 Å². The van der Waals surface area contributed by atoms with Crippen LogP contribution in [0.15, 0.2) is 47.1 Å². The molecule has 3 rings (SSSR count). The van der Waals surface area contributed by atoms with Crippen molar-refractivity contribution in [2.45, 2.75) is 6.42 Å². The number of halogens is 2. The molecule has 0 bridgehead atoms. The molecule has 0 aliphatic carbocycles. The van der Waals surface area contributed by atoms with Crippen molar-refractivity contribution in [3.63, 3.8) is 0 Å². The van der Waals surface area contributed by atoms with Gasteiger partial charge in [-0.05, 0) is 30.3 Å². The summed E-state index contributed by atoms with van der Waals surface area (Å²) in [6.45, 7) is -0.424. The number of carbonyl (C=O) groups excluding carboxylic acids is 2. The van der Waals surface area contributed by atoms with Gasteiger partial charge < -0.3 is 19.2 Å². The highest BCUT2D eigenvalue weighted by Gasteiger charge is 2.14. The van der Waals surface area contributed by atoms with Crippen LogP contribution in [-0.2, 0) is 20.7 Å². The fraction of sp³-hybridized carbons (Fsp3) is 0.158. The zero-order valence-electron chi connectivity index (χ0n) is 14.3. The molecular weight excluding hydrogens is 393 g/mol. The third kappa shape index (κ3) is 4.93. The number of fused-ring (bicyclic) bond motifs is 1. The summed E-state index contributed by atoms with van der Waals surface area (Å²) in [5.41, 5.74) is 1.69. The fourth-order valence-corrected chi connectivity index (χ4v) is 3.03. The van der Waals surface area contributed by atoms with Crippen LogP contribution in [0.2, 0.25) is 10.0 Å². The number of carbonyl (C=O) groups is 2. The van der Waals surface area contributed by atoms with Gasteiger partial charge in [-0.15, -0.1) is 0 Å². The topological polar surface area (TPSA) is 77.8 Å². The van der Waals surface area contributed by atoms with E-state index in [0.717, 1.165) is 5.39 Å². The molecule has 0 saturated heterocycles. The standard InChI is InChI=1S/C19H15Cl2NO5/c1-25-15-2-3-16-11(9-26-17(16)8-15)4-19(24)27-10-18(23)22-14-6-12(20)5-13(21)7-14/h2-3,5-9H,4,10H2,1H3,(H,22,23). The molecule has 3 aromatic rings. The van der Waals surface area contributed by atoms with E-state index in [2.05, 4.69) is 5.32 Å². The second-order valence-corrected chi connectivity index (χ2v) is 6.54. The lowest BCUT2D eigenvalue weighted by Gasteiger charge is -2.07. The van der Waals surface area contributed by atoms with Gasteiger partial charge in [0.2, 0.25) is 0 Å². The molecule has 27 heavy (non-hydrogen) atoms. The van der Waals surface area contributed by atoms with Crippen LogP contribution in [0.4, 0.5) is 5.69 Å². The van der Waals surface area contributed by atoms with E-state index in [0.29, 0.717) is 32.6 Å². The Balaban J connectivity index is 1.55. The minimum absolute atomic E-state index is 0.0183. The molecule has 1 heterocycles. The molecule has 1 amide bonds. The third-order valence-electron chi connectivity index (χ3n) is 3.71. The first kappa shape index (κ1) is 19.1. The number of amides is 1. The molecule has 0 fully saturated rings. The van der Waals surface area contributed by atoms with Crippen LogP contribution in [-0.4, -0.2) is 25.6 Å². The van der Waals surface area contributed by atoms with Gasteiger partial charge >= 0.3 is 5.97 Å². The lowest BCUT2D eigenvalue weighted by Crippen LogP contribution is -2.21. The van der Waals surface area contributed by atoms with Crippen molar-refractivity contribution in [1.29, 1.82) is 0 Å². The number of anilines is 1. The van der Waals surface area contributed by atoms with Crippen molar-refractivity contribution in [3.8, 4) is 5.75 Å². The van der Waals surface area contributed by atoms with Crippen LogP contribution in [0.5, 0.6) is 5.75 Å². The largest absolute Gasteiger partial charge is 0.497 e. The molecule has 1 aromatic heterocycles. The molecule has 0 unspecified atom stereocenters. The van der Waals surface area contributed by atoms with E-state index in [4.69, 9.17) is 37.1 Å². The van der Waals surface area contributed by atoms with Crippen molar-refractivity contribution < 1.29 is 23.5 Å². The Bertz CT molecular complexity index is 979. The molecule has 0 radical (unpaired) electrons. The van der Waals surface area contributed by atoms with E-state index >= 15 is 0 Å². The Kier molecular flexibility index (Phi) is 5.88. The number of hydrogen-bond donors (Lipinski definition) is 1. The quantitative estimate of drug-likeness (QED) is 0.609.